The molecule has 7 rings (SSSR count). The second-order valence-corrected chi connectivity index (χ2v) is 10.2. The molecule has 5 aromatic rings. The number of fused-ring (bicyclic) bond motifs is 5. The Kier molecular flexibility index (Phi) is 4.75. The van der Waals surface area contributed by atoms with Crippen LogP contribution >= 0.6 is 0 Å². The lowest BCUT2D eigenvalue weighted by molar-refractivity contribution is 0.253. The van der Waals surface area contributed by atoms with Crippen molar-refractivity contribution in [3.8, 4) is 39.6 Å². The van der Waals surface area contributed by atoms with E-state index in [4.69, 9.17) is 16.5 Å². The van der Waals surface area contributed by atoms with Crippen LogP contribution < -0.4 is 16.8 Å². The van der Waals surface area contributed by atoms with E-state index in [1.54, 1.807) is 0 Å². The number of imidazole rings is 1. The minimum Gasteiger partial charge on any atom is -0.398 e. The minimum atomic E-state index is -0.208. The van der Waals surface area contributed by atoms with Gasteiger partial charge >= 0.3 is 0 Å². The number of nitrogens with two attached hydrogens (primary N) is 2. The van der Waals surface area contributed by atoms with Gasteiger partial charge < -0.3 is 16.8 Å². The van der Waals surface area contributed by atoms with E-state index in [0.29, 0.717) is 0 Å². The maximum absolute atomic E-state index is 6.64. The molecule has 37 heavy (non-hydrogen) atoms. The number of rotatable bonds is 3. The largest absolute Gasteiger partial charge is 0.398 e. The zero-order valence-electron chi connectivity index (χ0n) is 20.7. The summed E-state index contributed by atoms with van der Waals surface area (Å²) in [5, 5.41) is 3.53. The van der Waals surface area contributed by atoms with Gasteiger partial charge in [-0.25, -0.2) is 9.97 Å². The molecule has 6 heteroatoms. The Morgan fingerprint density at radius 2 is 1.70 bits per heavy atom. The van der Waals surface area contributed by atoms with E-state index in [9.17, 15) is 0 Å². The molecule has 3 aromatic carbocycles. The van der Waals surface area contributed by atoms with E-state index in [2.05, 4.69) is 69.5 Å². The summed E-state index contributed by atoms with van der Waals surface area (Å²) in [5.41, 5.74) is 22.6. The average Bonchev–Trinajstić information content (AvgIpc) is 3.23. The molecule has 0 bridgehead atoms. The molecule has 0 unspecified atom stereocenters. The van der Waals surface area contributed by atoms with Crippen LogP contribution in [0.4, 0.5) is 17.2 Å². The number of para-hydroxylation sites is 1. The zero-order valence-corrected chi connectivity index (χ0v) is 20.7. The molecule has 182 valence electrons. The van der Waals surface area contributed by atoms with Crippen molar-refractivity contribution in [1.29, 1.82) is 0 Å². The van der Waals surface area contributed by atoms with Gasteiger partial charge in [0.05, 0.1) is 22.8 Å². The van der Waals surface area contributed by atoms with Crippen molar-refractivity contribution < 1.29 is 0 Å². The van der Waals surface area contributed by atoms with E-state index >= 15 is 0 Å². The highest BCUT2D eigenvalue weighted by atomic mass is 15.2. The lowest BCUT2D eigenvalue weighted by Gasteiger charge is -2.38. The topological polar surface area (TPSA) is 94.8 Å². The fourth-order valence-electron chi connectivity index (χ4n) is 5.49. The molecule has 3 heterocycles. The number of hydrogen-bond acceptors (Lipinski definition) is 5. The third-order valence-electron chi connectivity index (χ3n) is 7.86. The summed E-state index contributed by atoms with van der Waals surface area (Å²) in [5.74, 6) is 1.65. The fraction of sp³-hybridized carbons (Fsp3) is 0.161. The number of benzene rings is 3. The molecule has 5 N–H and O–H groups in total. The number of nitrogen functional groups attached to an aromatic ring is 1. The third-order valence-corrected chi connectivity index (χ3v) is 7.86. The first-order valence-electron chi connectivity index (χ1n) is 12.7. The summed E-state index contributed by atoms with van der Waals surface area (Å²) in [6.45, 7) is 2.02. The van der Waals surface area contributed by atoms with Gasteiger partial charge in [-0.2, -0.15) is 0 Å². The van der Waals surface area contributed by atoms with Crippen molar-refractivity contribution in [3.05, 3.63) is 96.2 Å². The second-order valence-electron chi connectivity index (χ2n) is 10.2. The standard InChI is InChI=1S/C31H28N6/c1-19-9-10-21(18-24(19)32)27-28(20-11-13-22(14-12-20)31(33)15-5-16-31)37-26-8-4-17-34-29(26)35-25-7-3-2-6-23(25)30(37)36-27/h2-4,6-14,17-18H,5,15-16,32-33H2,1H3,(H,34,35). The maximum Gasteiger partial charge on any atom is 0.154 e. The van der Waals surface area contributed by atoms with Crippen molar-refractivity contribution in [2.45, 2.75) is 31.7 Å². The highest BCUT2D eigenvalue weighted by Gasteiger charge is 2.34. The van der Waals surface area contributed by atoms with Crippen molar-refractivity contribution in [2.24, 2.45) is 5.73 Å². The molecule has 1 aliphatic carbocycles. The number of aryl methyl sites for hydroxylation is 1. The van der Waals surface area contributed by atoms with Crippen LogP contribution in [0.15, 0.2) is 85.1 Å². The van der Waals surface area contributed by atoms with Crippen molar-refractivity contribution in [2.75, 3.05) is 11.1 Å². The molecule has 1 fully saturated rings. The second kappa shape index (κ2) is 8.05. The van der Waals surface area contributed by atoms with E-state index in [-0.39, 0.29) is 5.54 Å². The van der Waals surface area contributed by atoms with Crippen LogP contribution in [0, 0.1) is 6.92 Å². The molecule has 6 nitrogen and oxygen atoms in total. The summed E-state index contributed by atoms with van der Waals surface area (Å²) in [6.07, 6.45) is 5.06. The first kappa shape index (κ1) is 21.8. The van der Waals surface area contributed by atoms with E-state index in [0.717, 1.165) is 75.2 Å². The van der Waals surface area contributed by atoms with Gasteiger partial charge in [-0.1, -0.05) is 48.5 Å². The first-order valence-corrected chi connectivity index (χ1v) is 12.7. The van der Waals surface area contributed by atoms with Crippen LogP contribution in [-0.2, 0) is 5.54 Å². The van der Waals surface area contributed by atoms with Crippen molar-refractivity contribution in [1.82, 2.24) is 14.5 Å². The Bertz CT molecular complexity index is 1660. The molecule has 1 saturated carbocycles. The molecule has 1 aliphatic heterocycles. The van der Waals surface area contributed by atoms with Gasteiger partial charge in [-0.3, -0.25) is 4.57 Å². The van der Waals surface area contributed by atoms with Crippen molar-refractivity contribution >= 4 is 17.2 Å². The molecule has 2 aliphatic rings. The van der Waals surface area contributed by atoms with Gasteiger partial charge in [0.15, 0.2) is 5.82 Å². The van der Waals surface area contributed by atoms with E-state index < -0.39 is 0 Å². The minimum absolute atomic E-state index is 0.208. The summed E-state index contributed by atoms with van der Waals surface area (Å²) >= 11 is 0. The smallest absolute Gasteiger partial charge is 0.154 e. The maximum atomic E-state index is 6.64. The summed E-state index contributed by atoms with van der Waals surface area (Å²) in [7, 11) is 0. The Labute approximate surface area is 216 Å². The predicted molar refractivity (Wildman–Crippen MR) is 150 cm³/mol. The van der Waals surface area contributed by atoms with E-state index in [1.807, 2.05) is 37.4 Å². The van der Waals surface area contributed by atoms with Crippen LogP contribution in [-0.4, -0.2) is 14.5 Å². The number of nitrogens with zero attached hydrogens (tertiary/aromatic N) is 3. The van der Waals surface area contributed by atoms with Crippen LogP contribution in [0.1, 0.15) is 30.4 Å². The first-order chi connectivity index (χ1) is 18.0. The average molecular weight is 485 g/mol. The summed E-state index contributed by atoms with van der Waals surface area (Å²) in [4.78, 5) is 9.97. The van der Waals surface area contributed by atoms with Crippen LogP contribution in [0.25, 0.3) is 39.6 Å². The number of nitrogens with one attached hydrogen (secondary N) is 1. The van der Waals surface area contributed by atoms with Gasteiger partial charge in [0.2, 0.25) is 0 Å². The highest BCUT2D eigenvalue weighted by molar-refractivity contribution is 5.91. The molecule has 0 atom stereocenters. The predicted octanol–water partition coefficient (Wildman–Crippen LogP) is 6.55. The van der Waals surface area contributed by atoms with Crippen LogP contribution in [0.2, 0.25) is 0 Å². The highest BCUT2D eigenvalue weighted by Crippen LogP contribution is 2.45. The molecule has 0 amide bonds. The number of hydrogen-bond donors (Lipinski definition) is 3. The fourth-order valence-corrected chi connectivity index (χ4v) is 5.49. The summed E-state index contributed by atoms with van der Waals surface area (Å²) in [6, 6.07) is 27.2. The summed E-state index contributed by atoms with van der Waals surface area (Å²) < 4.78 is 2.23. The molecular weight excluding hydrogens is 456 g/mol. The quantitative estimate of drug-likeness (QED) is 0.248. The third kappa shape index (κ3) is 3.37. The number of aromatic nitrogens is 3. The van der Waals surface area contributed by atoms with Crippen LogP contribution in [0.5, 0.6) is 0 Å². The zero-order chi connectivity index (χ0) is 25.1. The van der Waals surface area contributed by atoms with Crippen LogP contribution in [0.3, 0.4) is 0 Å². The van der Waals surface area contributed by atoms with Crippen molar-refractivity contribution in [3.63, 3.8) is 0 Å². The molecule has 2 aromatic heterocycles. The molecule has 0 saturated heterocycles. The monoisotopic (exact) mass is 484 g/mol. The van der Waals surface area contributed by atoms with Gasteiger partial charge in [0.25, 0.3) is 0 Å². The number of pyridine rings is 1. The Hall–Kier alpha value is -4.42. The van der Waals surface area contributed by atoms with Gasteiger partial charge in [0.1, 0.15) is 5.82 Å². The lowest BCUT2D eigenvalue weighted by atomic mass is 9.72. The normalized spacial score (nSPS) is 15.0. The Morgan fingerprint density at radius 3 is 2.46 bits per heavy atom. The Morgan fingerprint density at radius 1 is 0.919 bits per heavy atom. The molecule has 0 radical (unpaired) electrons. The SMILES string of the molecule is Cc1ccc(-c2nc3n(c2-c2ccc(C4(N)CCC4)cc2)-c2cccnc2Nc2ccccc2-3)cc1N. The van der Waals surface area contributed by atoms with Gasteiger partial charge in [-0.05, 0) is 67.6 Å². The lowest BCUT2D eigenvalue weighted by Crippen LogP contribution is -2.43. The number of anilines is 3. The van der Waals surface area contributed by atoms with Gasteiger partial charge in [0, 0.05) is 34.1 Å². The van der Waals surface area contributed by atoms with Gasteiger partial charge in [-0.15, -0.1) is 0 Å². The molecule has 0 spiro atoms. The Balaban J connectivity index is 1.54. The molecular formula is C31H28N6. The van der Waals surface area contributed by atoms with E-state index in [1.165, 1.54) is 12.0 Å².